The molecule has 4 N–H and O–H groups in total. The first-order valence-electron chi connectivity index (χ1n) is 10.7. The number of unbranched alkanes of at least 4 members (excludes halogenated alkanes) is 14. The maximum atomic E-state index is 10.3. The second-order valence-corrected chi connectivity index (χ2v) is 7.11. The van der Waals surface area contributed by atoms with Crippen molar-refractivity contribution in [3.8, 4) is 0 Å². The summed E-state index contributed by atoms with van der Waals surface area (Å²) in [6, 6.07) is 0. The Bertz CT molecular complexity index is 273. The van der Waals surface area contributed by atoms with Gasteiger partial charge in [0.05, 0.1) is 13.2 Å². The van der Waals surface area contributed by atoms with Crippen LogP contribution in [0.3, 0.4) is 0 Å². The molecular formula is C21H46MgO5. The van der Waals surface area contributed by atoms with E-state index in [0.29, 0.717) is 6.42 Å². The molecule has 0 aromatic rings. The Labute approximate surface area is 183 Å². The van der Waals surface area contributed by atoms with Crippen molar-refractivity contribution < 1.29 is 25.2 Å². The lowest BCUT2D eigenvalue weighted by molar-refractivity contribution is -0.137. The highest BCUT2D eigenvalue weighted by atomic mass is 24.3. The summed E-state index contributed by atoms with van der Waals surface area (Å²) in [4.78, 5) is 10.3. The Hall–Kier alpha value is 0.116. The number of hydrogen-bond donors (Lipinski definition) is 4. The largest absolute Gasteiger partial charge is 0.481 e. The fraction of sp³-hybridized carbons (Fsp3) is 0.952. The van der Waals surface area contributed by atoms with Crippen molar-refractivity contribution in [1.29, 1.82) is 0 Å². The van der Waals surface area contributed by atoms with E-state index >= 15 is 0 Å². The van der Waals surface area contributed by atoms with Gasteiger partial charge in [0.15, 0.2) is 0 Å². The molecule has 0 aliphatic rings. The van der Waals surface area contributed by atoms with Crippen LogP contribution in [0.25, 0.3) is 0 Å². The van der Waals surface area contributed by atoms with Gasteiger partial charge >= 0.3 is 29.0 Å². The molecule has 0 aliphatic carbocycles. The molecule has 0 heterocycles. The predicted molar refractivity (Wildman–Crippen MR) is 116 cm³/mol. The quantitative estimate of drug-likeness (QED) is 0.207. The van der Waals surface area contributed by atoms with Gasteiger partial charge in [-0.25, -0.2) is 0 Å². The Morgan fingerprint density at radius 1 is 0.667 bits per heavy atom. The molecule has 0 radical (unpaired) electrons. The molecule has 0 amide bonds. The van der Waals surface area contributed by atoms with Gasteiger partial charge in [-0.15, -0.1) is 0 Å². The molecule has 0 fully saturated rings. The SMILES string of the molecule is CCCCCCCCCCCCCCCCCC(=O)O.OCC(O)CO.[MgH2]. The van der Waals surface area contributed by atoms with Gasteiger partial charge in [0.1, 0.15) is 6.10 Å². The van der Waals surface area contributed by atoms with Gasteiger partial charge in [0.2, 0.25) is 0 Å². The number of carboxylic acid groups (broad SMARTS) is 1. The van der Waals surface area contributed by atoms with Crippen LogP contribution in [0, 0.1) is 0 Å². The monoisotopic (exact) mass is 402 g/mol. The van der Waals surface area contributed by atoms with Crippen molar-refractivity contribution in [3.05, 3.63) is 0 Å². The van der Waals surface area contributed by atoms with Gasteiger partial charge in [-0.2, -0.15) is 0 Å². The fourth-order valence-corrected chi connectivity index (χ4v) is 2.71. The van der Waals surface area contributed by atoms with E-state index < -0.39 is 12.1 Å². The van der Waals surface area contributed by atoms with Gasteiger partial charge in [-0.1, -0.05) is 96.8 Å². The van der Waals surface area contributed by atoms with E-state index in [1.54, 1.807) is 0 Å². The van der Waals surface area contributed by atoms with E-state index in [1.807, 2.05) is 0 Å². The van der Waals surface area contributed by atoms with Crippen LogP contribution in [-0.4, -0.2) is 68.8 Å². The molecule has 6 heteroatoms. The maximum Gasteiger partial charge on any atom is 0.316 e. The summed E-state index contributed by atoms with van der Waals surface area (Å²) in [5.41, 5.74) is 0. The van der Waals surface area contributed by atoms with Crippen LogP contribution in [0.1, 0.15) is 110 Å². The molecule has 27 heavy (non-hydrogen) atoms. The number of carbonyl (C=O) groups is 1. The molecule has 0 aromatic carbocycles. The maximum absolute atomic E-state index is 10.3. The molecule has 5 nitrogen and oxygen atoms in total. The van der Waals surface area contributed by atoms with Crippen LogP contribution < -0.4 is 0 Å². The third-order valence-electron chi connectivity index (χ3n) is 4.42. The third kappa shape index (κ3) is 34.1. The van der Waals surface area contributed by atoms with Crippen LogP contribution in [0.4, 0.5) is 0 Å². The van der Waals surface area contributed by atoms with Gasteiger partial charge in [-0.3, -0.25) is 4.79 Å². The fourth-order valence-electron chi connectivity index (χ4n) is 2.71. The number of hydrogen-bond acceptors (Lipinski definition) is 4. The molecule has 0 aliphatic heterocycles. The van der Waals surface area contributed by atoms with Crippen LogP contribution in [0.15, 0.2) is 0 Å². The molecule has 0 saturated heterocycles. The number of aliphatic hydroxyl groups excluding tert-OH is 3. The summed E-state index contributed by atoms with van der Waals surface area (Å²) < 4.78 is 0. The van der Waals surface area contributed by atoms with Gasteiger partial charge < -0.3 is 20.4 Å². The molecule has 0 spiro atoms. The zero-order chi connectivity index (χ0) is 19.9. The van der Waals surface area contributed by atoms with Crippen molar-refractivity contribution in [2.45, 2.75) is 116 Å². The van der Waals surface area contributed by atoms with Gasteiger partial charge in [0, 0.05) is 6.42 Å². The van der Waals surface area contributed by atoms with Gasteiger partial charge in [0.25, 0.3) is 0 Å². The molecule has 0 rings (SSSR count). The average molecular weight is 403 g/mol. The molecule has 0 bridgehead atoms. The lowest BCUT2D eigenvalue weighted by atomic mass is 10.0. The third-order valence-corrected chi connectivity index (χ3v) is 4.42. The predicted octanol–water partition coefficient (Wildman–Crippen LogP) is 3.75. The molecule has 0 aromatic heterocycles. The number of aliphatic carboxylic acids is 1. The van der Waals surface area contributed by atoms with E-state index in [1.165, 1.54) is 83.5 Å². The van der Waals surface area contributed by atoms with Crippen molar-refractivity contribution in [3.63, 3.8) is 0 Å². The van der Waals surface area contributed by atoms with Crippen molar-refractivity contribution >= 4 is 29.0 Å². The zero-order valence-electron chi connectivity index (χ0n) is 17.0. The minimum Gasteiger partial charge on any atom is -0.481 e. The Morgan fingerprint density at radius 2 is 0.963 bits per heavy atom. The standard InChI is InChI=1S/C18H36O2.C3H8O3.Mg.2H/c1-2-3-4-5-6-7-8-9-10-11-12-13-14-15-16-17-18(19)20;4-1-3(6)2-5;;;/h2-17H2,1H3,(H,19,20);3-6H,1-2H2;;;. The number of aliphatic hydroxyl groups is 3. The van der Waals surface area contributed by atoms with Crippen LogP contribution in [-0.2, 0) is 4.79 Å². The second-order valence-electron chi connectivity index (χ2n) is 7.11. The summed E-state index contributed by atoms with van der Waals surface area (Å²) >= 11 is 0. The lowest BCUT2D eigenvalue weighted by Gasteiger charge is -2.03. The Morgan fingerprint density at radius 3 is 1.19 bits per heavy atom. The highest BCUT2D eigenvalue weighted by molar-refractivity contribution is 5.75. The molecule has 162 valence electrons. The Kier molecular flexibility index (Phi) is 33.4. The molecule has 0 unspecified atom stereocenters. The van der Waals surface area contributed by atoms with E-state index in [2.05, 4.69) is 6.92 Å². The average Bonchev–Trinajstić information content (AvgIpc) is 2.64. The molecular weight excluding hydrogens is 357 g/mol. The van der Waals surface area contributed by atoms with E-state index in [4.69, 9.17) is 20.4 Å². The molecule has 0 atom stereocenters. The Balaban J connectivity index is -0.000000709. The minimum atomic E-state index is -0.954. The smallest absolute Gasteiger partial charge is 0.316 e. The van der Waals surface area contributed by atoms with Crippen molar-refractivity contribution in [2.24, 2.45) is 0 Å². The summed E-state index contributed by atoms with van der Waals surface area (Å²) in [6.07, 6.45) is 19.2. The first kappa shape index (κ1) is 31.8. The topological polar surface area (TPSA) is 98.0 Å². The number of carboxylic acids is 1. The zero-order valence-corrected chi connectivity index (χ0v) is 17.0. The van der Waals surface area contributed by atoms with Crippen molar-refractivity contribution in [1.82, 2.24) is 0 Å². The summed E-state index contributed by atoms with van der Waals surface area (Å²) in [7, 11) is 0. The number of rotatable bonds is 18. The van der Waals surface area contributed by atoms with Crippen LogP contribution in [0.5, 0.6) is 0 Å². The van der Waals surface area contributed by atoms with E-state index in [0.717, 1.165) is 12.8 Å². The van der Waals surface area contributed by atoms with Crippen molar-refractivity contribution in [2.75, 3.05) is 13.2 Å². The lowest BCUT2D eigenvalue weighted by Crippen LogP contribution is -2.15. The van der Waals surface area contributed by atoms with E-state index in [-0.39, 0.29) is 36.3 Å². The first-order valence-corrected chi connectivity index (χ1v) is 10.7. The first-order chi connectivity index (χ1) is 12.6. The highest BCUT2D eigenvalue weighted by Gasteiger charge is 1.97. The highest BCUT2D eigenvalue weighted by Crippen LogP contribution is 2.13. The summed E-state index contributed by atoms with van der Waals surface area (Å²) in [6.45, 7) is 1.54. The molecule has 0 saturated carbocycles. The summed E-state index contributed by atoms with van der Waals surface area (Å²) in [5.74, 6) is -0.653. The van der Waals surface area contributed by atoms with Gasteiger partial charge in [-0.05, 0) is 6.42 Å². The van der Waals surface area contributed by atoms with Crippen LogP contribution in [0.2, 0.25) is 0 Å². The second kappa shape index (κ2) is 28.3. The van der Waals surface area contributed by atoms with E-state index in [9.17, 15) is 4.79 Å². The minimum absolute atomic E-state index is 0. The summed E-state index contributed by atoms with van der Waals surface area (Å²) in [5, 5.41) is 32.5. The normalized spacial score (nSPS) is 10.3. The van der Waals surface area contributed by atoms with Crippen LogP contribution >= 0.6 is 0 Å².